The summed E-state index contributed by atoms with van der Waals surface area (Å²) in [5, 5.41) is 0. The van der Waals surface area contributed by atoms with Gasteiger partial charge in [-0.3, -0.25) is 9.79 Å². The highest BCUT2D eigenvalue weighted by molar-refractivity contribution is 6.13. The van der Waals surface area contributed by atoms with Gasteiger partial charge in [-0.15, -0.1) is 0 Å². The van der Waals surface area contributed by atoms with E-state index in [-0.39, 0.29) is 12.4 Å². The summed E-state index contributed by atoms with van der Waals surface area (Å²) in [7, 11) is 1.65. The molecule has 0 saturated carbocycles. The van der Waals surface area contributed by atoms with Crippen LogP contribution in [0.4, 0.5) is 0 Å². The first-order chi connectivity index (χ1) is 12.1. The number of ether oxygens (including phenoxy) is 1. The van der Waals surface area contributed by atoms with Crippen LogP contribution in [0.3, 0.4) is 0 Å². The fourth-order valence-corrected chi connectivity index (χ4v) is 2.72. The van der Waals surface area contributed by atoms with Crippen molar-refractivity contribution < 1.29 is 13.9 Å². The maximum absolute atomic E-state index is 12.6. The molecule has 0 fully saturated rings. The molecule has 0 bridgehead atoms. The number of para-hydroxylation sites is 1. The average Bonchev–Trinajstić information content (AvgIpc) is 2.65. The summed E-state index contributed by atoms with van der Waals surface area (Å²) < 4.78 is 10.7. The van der Waals surface area contributed by atoms with Crippen LogP contribution in [-0.2, 0) is 4.79 Å². The Morgan fingerprint density at radius 3 is 2.68 bits per heavy atom. The van der Waals surface area contributed by atoms with Crippen molar-refractivity contribution in [1.29, 1.82) is 0 Å². The van der Waals surface area contributed by atoms with Gasteiger partial charge in [-0.2, -0.15) is 0 Å². The van der Waals surface area contributed by atoms with Gasteiger partial charge >= 0.3 is 5.63 Å². The largest absolute Gasteiger partial charge is 0.485 e. The lowest BCUT2D eigenvalue weighted by Gasteiger charge is -2.23. The minimum Gasteiger partial charge on any atom is -0.485 e. The molecule has 1 aromatic carbocycles. The first-order valence-electron chi connectivity index (χ1n) is 7.79. The van der Waals surface area contributed by atoms with Crippen molar-refractivity contribution in [2.45, 2.75) is 5.92 Å². The number of hydrogen-bond donors (Lipinski definition) is 0. The van der Waals surface area contributed by atoms with Crippen LogP contribution in [0, 0.1) is 0 Å². The standard InChI is InChI=1S/C20H17NO4/c1-13(17(22)12-24-14-6-4-3-5-7-14)20-15-8-11-19(23)25-18(15)10-9-16(20)21-2/h3-11,20H,1,12H2,2H3. The molecule has 0 amide bonds. The van der Waals surface area contributed by atoms with Crippen molar-refractivity contribution in [3.63, 3.8) is 0 Å². The van der Waals surface area contributed by atoms with Gasteiger partial charge in [0, 0.05) is 30.0 Å². The molecule has 1 aromatic heterocycles. The SMILES string of the molecule is C=C(C(=O)COc1ccccc1)C1C(=NC)C=Cc2oc(=O)ccc21. The van der Waals surface area contributed by atoms with E-state index in [1.54, 1.807) is 37.4 Å². The number of nitrogens with zero attached hydrogens (tertiary/aromatic N) is 1. The number of aliphatic imine (C=N–C) groups is 1. The normalized spacial score (nSPS) is 17.2. The van der Waals surface area contributed by atoms with Crippen molar-refractivity contribution in [3.8, 4) is 5.75 Å². The lowest BCUT2D eigenvalue weighted by atomic mass is 9.82. The van der Waals surface area contributed by atoms with Gasteiger partial charge < -0.3 is 9.15 Å². The van der Waals surface area contributed by atoms with Crippen LogP contribution < -0.4 is 10.4 Å². The van der Waals surface area contributed by atoms with Gasteiger partial charge in [0.2, 0.25) is 0 Å². The van der Waals surface area contributed by atoms with Crippen molar-refractivity contribution in [1.82, 2.24) is 0 Å². The van der Waals surface area contributed by atoms with Crippen LogP contribution in [0.25, 0.3) is 6.08 Å². The summed E-state index contributed by atoms with van der Waals surface area (Å²) in [5.74, 6) is 0.342. The van der Waals surface area contributed by atoms with E-state index >= 15 is 0 Å². The van der Waals surface area contributed by atoms with E-state index in [2.05, 4.69) is 11.6 Å². The van der Waals surface area contributed by atoms with E-state index in [9.17, 15) is 9.59 Å². The van der Waals surface area contributed by atoms with Crippen molar-refractivity contribution in [3.05, 3.63) is 82.4 Å². The smallest absolute Gasteiger partial charge is 0.336 e. The molecule has 25 heavy (non-hydrogen) atoms. The number of rotatable bonds is 5. The van der Waals surface area contributed by atoms with Gasteiger partial charge in [-0.05, 0) is 30.4 Å². The lowest BCUT2D eigenvalue weighted by molar-refractivity contribution is -0.117. The Balaban J connectivity index is 1.83. The van der Waals surface area contributed by atoms with Gasteiger partial charge in [-0.25, -0.2) is 4.79 Å². The summed E-state index contributed by atoms with van der Waals surface area (Å²) in [6.07, 6.45) is 3.40. The lowest BCUT2D eigenvalue weighted by Crippen LogP contribution is -2.25. The Labute approximate surface area is 145 Å². The summed E-state index contributed by atoms with van der Waals surface area (Å²) in [5.41, 5.74) is 1.28. The molecule has 1 aliphatic rings. The third-order valence-corrected chi connectivity index (χ3v) is 3.98. The molecule has 1 atom stereocenters. The van der Waals surface area contributed by atoms with Crippen molar-refractivity contribution >= 4 is 17.6 Å². The summed E-state index contributed by atoms with van der Waals surface area (Å²) in [6, 6.07) is 12.1. The van der Waals surface area contributed by atoms with Gasteiger partial charge in [0.05, 0.1) is 5.92 Å². The molecule has 2 aromatic rings. The topological polar surface area (TPSA) is 68.9 Å². The molecule has 0 N–H and O–H groups in total. The fraction of sp³-hybridized carbons (Fsp3) is 0.150. The van der Waals surface area contributed by atoms with Gasteiger partial charge in [-0.1, -0.05) is 24.8 Å². The van der Waals surface area contributed by atoms with Crippen LogP contribution in [0.5, 0.6) is 5.75 Å². The first-order valence-corrected chi connectivity index (χ1v) is 7.79. The van der Waals surface area contributed by atoms with Gasteiger partial charge in [0.25, 0.3) is 0 Å². The van der Waals surface area contributed by atoms with E-state index in [1.165, 1.54) is 6.07 Å². The van der Waals surface area contributed by atoms with Crippen LogP contribution in [0.2, 0.25) is 0 Å². The molecule has 1 heterocycles. The van der Waals surface area contributed by atoms with Crippen LogP contribution in [0.15, 0.2) is 74.9 Å². The Morgan fingerprint density at radius 1 is 1.20 bits per heavy atom. The molecule has 1 unspecified atom stereocenters. The zero-order valence-corrected chi connectivity index (χ0v) is 13.8. The van der Waals surface area contributed by atoms with Crippen molar-refractivity contribution in [2.75, 3.05) is 13.7 Å². The monoisotopic (exact) mass is 335 g/mol. The van der Waals surface area contributed by atoms with Gasteiger partial charge in [0.15, 0.2) is 12.4 Å². The van der Waals surface area contributed by atoms with E-state index in [0.717, 1.165) is 0 Å². The van der Waals surface area contributed by atoms with E-state index in [0.29, 0.717) is 28.4 Å². The number of carbonyl (C=O) groups excluding carboxylic acids is 1. The third kappa shape index (κ3) is 3.50. The van der Waals surface area contributed by atoms with E-state index in [1.807, 2.05) is 18.2 Å². The average molecular weight is 335 g/mol. The highest BCUT2D eigenvalue weighted by Crippen LogP contribution is 2.32. The number of allylic oxidation sites excluding steroid dienone is 1. The Hall–Kier alpha value is -3.21. The molecule has 0 saturated heterocycles. The molecule has 5 heteroatoms. The van der Waals surface area contributed by atoms with Gasteiger partial charge in [0.1, 0.15) is 11.5 Å². The predicted molar refractivity (Wildman–Crippen MR) is 96.2 cm³/mol. The zero-order chi connectivity index (χ0) is 17.8. The van der Waals surface area contributed by atoms with Crippen LogP contribution in [0.1, 0.15) is 17.2 Å². The molecule has 126 valence electrons. The quantitative estimate of drug-likeness (QED) is 0.788. The number of carbonyl (C=O) groups is 1. The molecule has 3 rings (SSSR count). The number of ketones is 1. The second kappa shape index (κ2) is 7.13. The van der Waals surface area contributed by atoms with Crippen molar-refractivity contribution in [2.24, 2.45) is 4.99 Å². The summed E-state index contributed by atoms with van der Waals surface area (Å²) >= 11 is 0. The Bertz CT molecular complexity index is 922. The number of fused-ring (bicyclic) bond motifs is 1. The number of Topliss-reactive ketones (excluding diaryl/α,β-unsaturated/α-hetero) is 1. The molecule has 0 aliphatic heterocycles. The predicted octanol–water partition coefficient (Wildman–Crippen LogP) is 3.03. The minimum absolute atomic E-state index is 0.119. The molecular weight excluding hydrogens is 318 g/mol. The van der Waals surface area contributed by atoms with Crippen LogP contribution in [-0.4, -0.2) is 25.1 Å². The second-order valence-corrected chi connectivity index (χ2v) is 5.54. The molecule has 0 spiro atoms. The molecular formula is C20H17NO4. The molecule has 1 aliphatic carbocycles. The molecule has 0 radical (unpaired) electrons. The minimum atomic E-state index is -0.457. The maximum atomic E-state index is 12.6. The Morgan fingerprint density at radius 2 is 1.96 bits per heavy atom. The van der Waals surface area contributed by atoms with E-state index in [4.69, 9.17) is 9.15 Å². The first kappa shape index (κ1) is 16.6. The second-order valence-electron chi connectivity index (χ2n) is 5.54. The highest BCUT2D eigenvalue weighted by Gasteiger charge is 2.30. The fourth-order valence-electron chi connectivity index (χ4n) is 2.72. The number of hydrogen-bond acceptors (Lipinski definition) is 5. The Kier molecular flexibility index (Phi) is 4.75. The number of benzene rings is 1. The summed E-state index contributed by atoms with van der Waals surface area (Å²) in [4.78, 5) is 28.2. The third-order valence-electron chi connectivity index (χ3n) is 3.98. The zero-order valence-electron chi connectivity index (χ0n) is 13.8. The maximum Gasteiger partial charge on any atom is 0.336 e. The summed E-state index contributed by atoms with van der Waals surface area (Å²) in [6.45, 7) is 3.83. The molecule has 5 nitrogen and oxygen atoms in total. The van der Waals surface area contributed by atoms with Crippen LogP contribution >= 0.6 is 0 Å². The highest BCUT2D eigenvalue weighted by atomic mass is 16.5. The van der Waals surface area contributed by atoms with E-state index < -0.39 is 11.5 Å².